The normalized spacial score (nSPS) is 14.0. The summed E-state index contributed by atoms with van der Waals surface area (Å²) in [5, 5.41) is 1.08. The molecular weight excluding hydrogens is 300 g/mol. The number of fused-ring (bicyclic) bond motifs is 1. The minimum atomic E-state index is -0.365. The third-order valence-electron chi connectivity index (χ3n) is 3.92. The first kappa shape index (κ1) is 16.5. The van der Waals surface area contributed by atoms with Crippen molar-refractivity contribution in [3.05, 3.63) is 42.9 Å². The molecule has 0 bridgehead atoms. The molecule has 0 saturated heterocycles. The van der Waals surface area contributed by atoms with Gasteiger partial charge in [0, 0.05) is 41.1 Å². The fourth-order valence-corrected chi connectivity index (χ4v) is 3.08. The van der Waals surface area contributed by atoms with Crippen molar-refractivity contribution in [3.8, 4) is 17.0 Å². The first-order chi connectivity index (χ1) is 11.4. The Morgan fingerprint density at radius 1 is 1.25 bits per heavy atom. The second-order valence-electron chi connectivity index (χ2n) is 7.03. The van der Waals surface area contributed by atoms with Crippen LogP contribution in [0.3, 0.4) is 0 Å². The monoisotopic (exact) mass is 324 g/mol. The number of aromatic amines is 1. The number of aromatic nitrogens is 3. The summed E-state index contributed by atoms with van der Waals surface area (Å²) in [6, 6.07) is 7.90. The predicted octanol–water partition coefficient (Wildman–Crippen LogP) is 3.77. The van der Waals surface area contributed by atoms with Crippen molar-refractivity contribution in [2.45, 2.75) is 32.7 Å². The van der Waals surface area contributed by atoms with Gasteiger partial charge in [-0.25, -0.2) is 9.97 Å². The molecule has 0 unspecified atom stereocenters. The van der Waals surface area contributed by atoms with E-state index in [1.54, 1.807) is 12.4 Å². The van der Waals surface area contributed by atoms with Crippen LogP contribution in [-0.2, 0) is 0 Å². The minimum Gasteiger partial charge on any atom is -0.476 e. The summed E-state index contributed by atoms with van der Waals surface area (Å²) in [6.45, 7) is 6.78. The predicted molar refractivity (Wildman–Crippen MR) is 96.9 cm³/mol. The summed E-state index contributed by atoms with van der Waals surface area (Å²) >= 11 is 0. The number of H-pyrrole nitrogens is 1. The molecule has 0 aliphatic rings. The maximum Gasteiger partial charge on any atom is 0.213 e. The molecule has 0 amide bonds. The first-order valence-corrected chi connectivity index (χ1v) is 8.25. The Morgan fingerprint density at radius 2 is 2.08 bits per heavy atom. The van der Waals surface area contributed by atoms with E-state index in [9.17, 15) is 0 Å². The van der Waals surface area contributed by atoms with Crippen molar-refractivity contribution >= 4 is 11.0 Å². The molecule has 0 radical (unpaired) electrons. The molecule has 0 aromatic carbocycles. The number of nitrogens with zero attached hydrogens (tertiary/aromatic N) is 2. The third-order valence-corrected chi connectivity index (χ3v) is 3.92. The van der Waals surface area contributed by atoms with Gasteiger partial charge in [-0.2, -0.15) is 0 Å². The Morgan fingerprint density at radius 3 is 2.88 bits per heavy atom. The fraction of sp³-hybridized carbons (Fsp3) is 0.368. The average Bonchev–Trinajstić information content (AvgIpc) is 2.96. The van der Waals surface area contributed by atoms with Crippen LogP contribution in [0.15, 0.2) is 42.9 Å². The van der Waals surface area contributed by atoms with Gasteiger partial charge in [0.1, 0.15) is 12.3 Å². The minimum absolute atomic E-state index is 0.365. The highest BCUT2D eigenvalue weighted by Crippen LogP contribution is 2.29. The molecule has 0 aliphatic carbocycles. The van der Waals surface area contributed by atoms with Gasteiger partial charge in [-0.05, 0) is 43.0 Å². The van der Waals surface area contributed by atoms with E-state index in [0.717, 1.165) is 28.6 Å². The highest BCUT2D eigenvalue weighted by Gasteiger charge is 2.21. The van der Waals surface area contributed by atoms with E-state index in [2.05, 4.69) is 34.9 Å². The lowest BCUT2D eigenvalue weighted by molar-refractivity contribution is 0.201. The number of pyridine rings is 2. The molecule has 0 aliphatic heterocycles. The molecule has 126 valence electrons. The lowest BCUT2D eigenvalue weighted by Crippen LogP contribution is -2.43. The maximum atomic E-state index is 6.31. The highest BCUT2D eigenvalue weighted by atomic mass is 16.5. The standard InChI is InChI=1S/C19H24N4O/c1-13(2)10-19(3,20)12-24-17-9-14(6-8-21-17)16-11-23-18-15(16)5-4-7-22-18/h4-9,11,13H,10,12,20H2,1-3H3,(H,22,23)/t19-/m0/s1. The van der Waals surface area contributed by atoms with Gasteiger partial charge >= 0.3 is 0 Å². The van der Waals surface area contributed by atoms with Gasteiger partial charge in [-0.3, -0.25) is 0 Å². The van der Waals surface area contributed by atoms with Crippen LogP contribution in [0.5, 0.6) is 5.88 Å². The number of nitrogens with two attached hydrogens (primary N) is 1. The average molecular weight is 324 g/mol. The van der Waals surface area contributed by atoms with E-state index in [0.29, 0.717) is 18.4 Å². The molecule has 5 heteroatoms. The Hall–Kier alpha value is -2.40. The van der Waals surface area contributed by atoms with Gasteiger partial charge < -0.3 is 15.5 Å². The van der Waals surface area contributed by atoms with Crippen LogP contribution < -0.4 is 10.5 Å². The van der Waals surface area contributed by atoms with Crippen LogP contribution in [-0.4, -0.2) is 27.1 Å². The van der Waals surface area contributed by atoms with Gasteiger partial charge in [0.25, 0.3) is 0 Å². The van der Waals surface area contributed by atoms with E-state index >= 15 is 0 Å². The van der Waals surface area contributed by atoms with Gasteiger partial charge in [0.05, 0.1) is 0 Å². The molecule has 0 fully saturated rings. The van der Waals surface area contributed by atoms with E-state index < -0.39 is 0 Å². The zero-order valence-electron chi connectivity index (χ0n) is 14.4. The summed E-state index contributed by atoms with van der Waals surface area (Å²) in [7, 11) is 0. The third kappa shape index (κ3) is 3.74. The summed E-state index contributed by atoms with van der Waals surface area (Å²) in [6.07, 6.45) is 6.40. The fourth-order valence-electron chi connectivity index (χ4n) is 3.08. The topological polar surface area (TPSA) is 76.8 Å². The lowest BCUT2D eigenvalue weighted by Gasteiger charge is -2.26. The van der Waals surface area contributed by atoms with E-state index in [-0.39, 0.29) is 5.54 Å². The Bertz CT molecular complexity index is 823. The van der Waals surface area contributed by atoms with Crippen LogP contribution >= 0.6 is 0 Å². The zero-order valence-corrected chi connectivity index (χ0v) is 14.4. The summed E-state index contributed by atoms with van der Waals surface area (Å²) < 4.78 is 5.86. The van der Waals surface area contributed by atoms with E-state index in [1.165, 1.54) is 0 Å². The van der Waals surface area contributed by atoms with Gasteiger partial charge in [-0.1, -0.05) is 13.8 Å². The molecule has 3 rings (SSSR count). The maximum absolute atomic E-state index is 6.31. The van der Waals surface area contributed by atoms with Gasteiger partial charge in [-0.15, -0.1) is 0 Å². The zero-order chi connectivity index (χ0) is 17.2. The smallest absolute Gasteiger partial charge is 0.213 e. The highest BCUT2D eigenvalue weighted by molar-refractivity contribution is 5.93. The molecule has 0 spiro atoms. The van der Waals surface area contributed by atoms with Crippen molar-refractivity contribution in [3.63, 3.8) is 0 Å². The van der Waals surface area contributed by atoms with Crippen LogP contribution in [0.25, 0.3) is 22.2 Å². The van der Waals surface area contributed by atoms with Crippen LogP contribution in [0, 0.1) is 5.92 Å². The van der Waals surface area contributed by atoms with E-state index in [4.69, 9.17) is 10.5 Å². The number of hydrogen-bond donors (Lipinski definition) is 2. The van der Waals surface area contributed by atoms with Crippen LogP contribution in [0.2, 0.25) is 0 Å². The van der Waals surface area contributed by atoms with Crippen LogP contribution in [0.4, 0.5) is 0 Å². The Balaban J connectivity index is 1.80. The van der Waals surface area contributed by atoms with Gasteiger partial charge in [0.15, 0.2) is 0 Å². The Labute approximate surface area is 142 Å². The quantitative estimate of drug-likeness (QED) is 0.723. The largest absolute Gasteiger partial charge is 0.476 e. The van der Waals surface area contributed by atoms with Crippen molar-refractivity contribution in [2.75, 3.05) is 6.61 Å². The first-order valence-electron chi connectivity index (χ1n) is 8.25. The second kappa shape index (κ2) is 6.61. The molecule has 3 aromatic heterocycles. The summed E-state index contributed by atoms with van der Waals surface area (Å²) in [5.74, 6) is 1.12. The van der Waals surface area contributed by atoms with Crippen molar-refractivity contribution in [2.24, 2.45) is 11.7 Å². The van der Waals surface area contributed by atoms with Crippen molar-refractivity contribution < 1.29 is 4.74 Å². The number of nitrogens with one attached hydrogen (secondary N) is 1. The van der Waals surface area contributed by atoms with Gasteiger partial charge in [0.2, 0.25) is 5.88 Å². The molecule has 1 atom stereocenters. The number of ether oxygens (including phenoxy) is 1. The molecule has 24 heavy (non-hydrogen) atoms. The molecule has 5 nitrogen and oxygen atoms in total. The molecule has 3 N–H and O–H groups in total. The Kier molecular flexibility index (Phi) is 4.53. The summed E-state index contributed by atoms with van der Waals surface area (Å²) in [5.41, 5.74) is 8.94. The molecule has 3 aromatic rings. The van der Waals surface area contributed by atoms with Crippen molar-refractivity contribution in [1.29, 1.82) is 0 Å². The second-order valence-corrected chi connectivity index (χ2v) is 7.03. The molecular formula is C19H24N4O. The summed E-state index contributed by atoms with van der Waals surface area (Å²) in [4.78, 5) is 11.8. The number of hydrogen-bond acceptors (Lipinski definition) is 4. The lowest BCUT2D eigenvalue weighted by atomic mass is 9.93. The van der Waals surface area contributed by atoms with E-state index in [1.807, 2.05) is 31.3 Å². The SMILES string of the molecule is CC(C)C[C@](C)(N)COc1cc(-c2c[nH]c3ncccc23)ccn1. The van der Waals surface area contributed by atoms with Crippen LogP contribution in [0.1, 0.15) is 27.2 Å². The number of rotatable bonds is 6. The van der Waals surface area contributed by atoms with Crippen molar-refractivity contribution in [1.82, 2.24) is 15.0 Å². The molecule has 0 saturated carbocycles. The molecule has 3 heterocycles.